The third-order valence-corrected chi connectivity index (χ3v) is 5.71. The van der Waals surface area contributed by atoms with Gasteiger partial charge in [0.2, 0.25) is 0 Å². The van der Waals surface area contributed by atoms with Crippen LogP contribution in [-0.2, 0) is 0 Å². The van der Waals surface area contributed by atoms with Crippen LogP contribution < -0.4 is 5.32 Å². The first kappa shape index (κ1) is 12.6. The lowest BCUT2D eigenvalue weighted by Gasteiger charge is -2.34. The summed E-state index contributed by atoms with van der Waals surface area (Å²) in [4.78, 5) is 1.56. The van der Waals surface area contributed by atoms with Crippen molar-refractivity contribution in [3.63, 3.8) is 0 Å². The molecule has 1 saturated carbocycles. The Balaban J connectivity index is 2.17. The predicted octanol–water partition coefficient (Wildman–Crippen LogP) is 4.25. The van der Waals surface area contributed by atoms with Gasteiger partial charge in [0.15, 0.2) is 0 Å². The van der Waals surface area contributed by atoms with Crippen molar-refractivity contribution in [2.75, 3.05) is 13.6 Å². The van der Waals surface area contributed by atoms with E-state index in [2.05, 4.69) is 46.7 Å². The van der Waals surface area contributed by atoms with Crippen LogP contribution in [0.2, 0.25) is 0 Å². The van der Waals surface area contributed by atoms with Crippen LogP contribution in [0.15, 0.2) is 15.9 Å². The van der Waals surface area contributed by atoms with Crippen LogP contribution in [0.4, 0.5) is 0 Å². The Morgan fingerprint density at radius 1 is 1.50 bits per heavy atom. The molecule has 3 atom stereocenters. The van der Waals surface area contributed by atoms with E-state index in [1.807, 2.05) is 11.3 Å². The van der Waals surface area contributed by atoms with Gasteiger partial charge in [-0.3, -0.25) is 0 Å². The third-order valence-electron chi connectivity index (χ3n) is 3.70. The summed E-state index contributed by atoms with van der Waals surface area (Å²) in [5.74, 6) is 2.45. The van der Waals surface area contributed by atoms with Crippen LogP contribution in [0, 0.1) is 11.8 Å². The molecule has 1 N–H and O–H groups in total. The molecule has 90 valence electrons. The van der Waals surface area contributed by atoms with E-state index in [1.54, 1.807) is 4.88 Å². The Labute approximate surface area is 111 Å². The van der Waals surface area contributed by atoms with Crippen molar-refractivity contribution in [1.82, 2.24) is 5.32 Å². The maximum absolute atomic E-state index is 3.69. The molecule has 0 aliphatic heterocycles. The third kappa shape index (κ3) is 2.69. The Hall–Kier alpha value is 0.140. The Kier molecular flexibility index (Phi) is 4.45. The SMILES string of the molecule is CNCC1CCC(C)CC1c1sccc1Br. The van der Waals surface area contributed by atoms with Gasteiger partial charge in [-0.15, -0.1) is 11.3 Å². The summed E-state index contributed by atoms with van der Waals surface area (Å²) in [5, 5.41) is 5.56. The zero-order chi connectivity index (χ0) is 11.5. The van der Waals surface area contributed by atoms with Gasteiger partial charge in [0.25, 0.3) is 0 Å². The molecule has 1 fully saturated rings. The topological polar surface area (TPSA) is 12.0 Å². The normalized spacial score (nSPS) is 30.6. The van der Waals surface area contributed by atoms with Gasteiger partial charge in [0.05, 0.1) is 0 Å². The molecular formula is C13H20BrNS. The molecule has 0 amide bonds. The largest absolute Gasteiger partial charge is 0.319 e. The molecular weight excluding hydrogens is 282 g/mol. The molecule has 1 heterocycles. The quantitative estimate of drug-likeness (QED) is 0.880. The molecule has 1 aromatic heterocycles. The van der Waals surface area contributed by atoms with Gasteiger partial charge in [-0.1, -0.05) is 13.3 Å². The van der Waals surface area contributed by atoms with Gasteiger partial charge in [0.1, 0.15) is 0 Å². The molecule has 1 aliphatic rings. The second-order valence-corrected chi connectivity index (χ2v) is 6.78. The van der Waals surface area contributed by atoms with Crippen molar-refractivity contribution in [1.29, 1.82) is 0 Å². The van der Waals surface area contributed by atoms with Crippen molar-refractivity contribution in [2.45, 2.75) is 32.1 Å². The smallest absolute Gasteiger partial charge is 0.0317 e. The van der Waals surface area contributed by atoms with E-state index < -0.39 is 0 Å². The number of halogens is 1. The number of hydrogen-bond acceptors (Lipinski definition) is 2. The van der Waals surface area contributed by atoms with Gasteiger partial charge in [0, 0.05) is 9.35 Å². The maximum atomic E-state index is 3.69. The maximum Gasteiger partial charge on any atom is 0.0317 e. The lowest BCUT2D eigenvalue weighted by Crippen LogP contribution is -2.29. The molecule has 0 bridgehead atoms. The van der Waals surface area contributed by atoms with E-state index in [9.17, 15) is 0 Å². The molecule has 3 unspecified atom stereocenters. The highest BCUT2D eigenvalue weighted by Crippen LogP contribution is 2.44. The summed E-state index contributed by atoms with van der Waals surface area (Å²) in [5.41, 5.74) is 0. The fourth-order valence-electron chi connectivity index (χ4n) is 2.84. The van der Waals surface area contributed by atoms with Gasteiger partial charge < -0.3 is 5.32 Å². The molecule has 16 heavy (non-hydrogen) atoms. The summed E-state index contributed by atoms with van der Waals surface area (Å²) in [7, 11) is 2.07. The first-order chi connectivity index (χ1) is 7.72. The van der Waals surface area contributed by atoms with E-state index in [-0.39, 0.29) is 0 Å². The number of nitrogens with one attached hydrogen (secondary N) is 1. The minimum Gasteiger partial charge on any atom is -0.319 e. The van der Waals surface area contributed by atoms with Crippen molar-refractivity contribution in [2.24, 2.45) is 11.8 Å². The Bertz CT molecular complexity index is 336. The lowest BCUT2D eigenvalue weighted by molar-refractivity contribution is 0.247. The van der Waals surface area contributed by atoms with Crippen LogP contribution >= 0.6 is 27.3 Å². The summed E-state index contributed by atoms with van der Waals surface area (Å²) >= 11 is 5.60. The number of rotatable bonds is 3. The van der Waals surface area contributed by atoms with Crippen LogP contribution in [0.3, 0.4) is 0 Å². The summed E-state index contributed by atoms with van der Waals surface area (Å²) in [6.07, 6.45) is 4.12. The van der Waals surface area contributed by atoms with E-state index in [1.165, 1.54) is 23.7 Å². The van der Waals surface area contributed by atoms with E-state index in [0.717, 1.165) is 24.3 Å². The van der Waals surface area contributed by atoms with Crippen molar-refractivity contribution < 1.29 is 0 Å². The minimum atomic E-state index is 0.755. The van der Waals surface area contributed by atoms with Gasteiger partial charge in [-0.2, -0.15) is 0 Å². The molecule has 1 nitrogen and oxygen atoms in total. The lowest BCUT2D eigenvalue weighted by atomic mass is 9.74. The van der Waals surface area contributed by atoms with Crippen LogP contribution in [0.25, 0.3) is 0 Å². The number of hydrogen-bond donors (Lipinski definition) is 1. The van der Waals surface area contributed by atoms with E-state index >= 15 is 0 Å². The second kappa shape index (κ2) is 5.65. The van der Waals surface area contributed by atoms with Crippen LogP contribution in [-0.4, -0.2) is 13.6 Å². The van der Waals surface area contributed by atoms with Crippen molar-refractivity contribution in [3.8, 4) is 0 Å². The molecule has 1 aromatic rings. The van der Waals surface area contributed by atoms with Crippen molar-refractivity contribution >= 4 is 27.3 Å². The highest BCUT2D eigenvalue weighted by molar-refractivity contribution is 9.10. The predicted molar refractivity (Wildman–Crippen MR) is 75.2 cm³/mol. The number of thiophene rings is 1. The van der Waals surface area contributed by atoms with Crippen molar-refractivity contribution in [3.05, 3.63) is 20.8 Å². The second-order valence-electron chi connectivity index (χ2n) is 4.98. The Morgan fingerprint density at radius 2 is 2.31 bits per heavy atom. The van der Waals surface area contributed by atoms with E-state index in [0.29, 0.717) is 0 Å². The highest BCUT2D eigenvalue weighted by atomic mass is 79.9. The minimum absolute atomic E-state index is 0.755. The zero-order valence-electron chi connectivity index (χ0n) is 10.0. The molecule has 0 radical (unpaired) electrons. The summed E-state index contributed by atoms with van der Waals surface area (Å²) < 4.78 is 1.32. The van der Waals surface area contributed by atoms with Gasteiger partial charge >= 0.3 is 0 Å². The molecule has 3 heteroatoms. The summed E-state index contributed by atoms with van der Waals surface area (Å²) in [6.45, 7) is 3.55. The highest BCUT2D eigenvalue weighted by Gasteiger charge is 2.31. The first-order valence-electron chi connectivity index (χ1n) is 6.09. The molecule has 0 saturated heterocycles. The monoisotopic (exact) mass is 301 g/mol. The average molecular weight is 302 g/mol. The molecule has 0 spiro atoms. The van der Waals surface area contributed by atoms with Crippen LogP contribution in [0.5, 0.6) is 0 Å². The fourth-order valence-corrected chi connectivity index (χ4v) is 4.72. The van der Waals surface area contributed by atoms with Gasteiger partial charge in [-0.05, 0) is 71.6 Å². The fraction of sp³-hybridized carbons (Fsp3) is 0.692. The standard InChI is InChI=1S/C13H20BrNS/c1-9-3-4-10(8-15-2)11(7-9)13-12(14)5-6-16-13/h5-6,9-11,15H,3-4,7-8H2,1-2H3. The Morgan fingerprint density at radius 3 is 2.94 bits per heavy atom. The average Bonchev–Trinajstić information content (AvgIpc) is 2.67. The molecule has 1 aliphatic carbocycles. The van der Waals surface area contributed by atoms with Crippen LogP contribution in [0.1, 0.15) is 37.0 Å². The molecule has 2 rings (SSSR count). The van der Waals surface area contributed by atoms with Gasteiger partial charge in [-0.25, -0.2) is 0 Å². The van der Waals surface area contributed by atoms with E-state index in [4.69, 9.17) is 0 Å². The summed E-state index contributed by atoms with van der Waals surface area (Å²) in [6, 6.07) is 2.19. The first-order valence-corrected chi connectivity index (χ1v) is 7.77. The molecule has 0 aromatic carbocycles. The zero-order valence-corrected chi connectivity index (χ0v) is 12.4.